The monoisotopic (exact) mass is 423 g/mol. The predicted octanol–water partition coefficient (Wildman–Crippen LogP) is 2.76. The maximum atomic E-state index is 13.9. The molecule has 0 aliphatic carbocycles. The lowest BCUT2D eigenvalue weighted by molar-refractivity contribution is -0.885. The van der Waals surface area contributed by atoms with Crippen molar-refractivity contribution in [3.63, 3.8) is 0 Å². The number of hydrogen-bond donors (Lipinski definition) is 2. The molecule has 3 aromatic rings. The molecule has 0 radical (unpaired) electrons. The van der Waals surface area contributed by atoms with Crippen LogP contribution in [0.5, 0.6) is 11.5 Å². The molecule has 0 fully saturated rings. The maximum absolute atomic E-state index is 13.9. The Morgan fingerprint density at radius 3 is 2.26 bits per heavy atom. The molecule has 0 aliphatic heterocycles. The molecule has 0 aliphatic rings. The van der Waals surface area contributed by atoms with E-state index in [-0.39, 0.29) is 24.2 Å². The van der Waals surface area contributed by atoms with Crippen molar-refractivity contribution in [2.45, 2.75) is 12.6 Å². The van der Waals surface area contributed by atoms with Crippen LogP contribution >= 0.6 is 0 Å². The summed E-state index contributed by atoms with van der Waals surface area (Å²) < 4.78 is 24.1. The minimum absolute atomic E-state index is 0.0869. The average Bonchev–Trinajstić information content (AvgIpc) is 2.78. The Bertz CT molecular complexity index is 993. The summed E-state index contributed by atoms with van der Waals surface area (Å²) >= 11 is 0. The molecule has 1 unspecified atom stereocenters. The van der Waals surface area contributed by atoms with E-state index in [0.717, 1.165) is 27.3 Å². The number of methoxy groups -OCH3 is 2. The number of amides is 1. The number of rotatable bonds is 9. The summed E-state index contributed by atoms with van der Waals surface area (Å²) in [4.78, 5) is 13.8. The summed E-state index contributed by atoms with van der Waals surface area (Å²) in [7, 11) is 4.97. The number of nitrogens with one attached hydrogen (secondary N) is 2. The van der Waals surface area contributed by atoms with Gasteiger partial charge in [0.2, 0.25) is 0 Å². The van der Waals surface area contributed by atoms with E-state index in [0.29, 0.717) is 6.54 Å². The topological polar surface area (TPSA) is 52.0 Å². The Kier molecular flexibility index (Phi) is 7.62. The first-order valence-electron chi connectivity index (χ1n) is 10.1. The van der Waals surface area contributed by atoms with Gasteiger partial charge in [-0.2, -0.15) is 0 Å². The highest BCUT2D eigenvalue weighted by molar-refractivity contribution is 5.78. The second-order valence-electron chi connectivity index (χ2n) is 7.46. The molecule has 0 aromatic heterocycles. The van der Waals surface area contributed by atoms with Gasteiger partial charge in [0.1, 0.15) is 12.3 Å². The zero-order valence-electron chi connectivity index (χ0n) is 18.0. The average molecular weight is 424 g/mol. The summed E-state index contributed by atoms with van der Waals surface area (Å²) in [6.45, 7) is 0.778. The molecule has 5 nitrogen and oxygen atoms in total. The SMILES string of the molecule is COc1ccc([C@@H](NC(=O)C[NH+](C)Cc2ccc(OC)c(F)c2)c2ccccc2)cc1. The number of quaternary nitrogens is 1. The van der Waals surface area contributed by atoms with Gasteiger partial charge in [0.15, 0.2) is 18.1 Å². The molecule has 1 amide bonds. The summed E-state index contributed by atoms with van der Waals surface area (Å²) in [6, 6.07) is 22.1. The number of halogens is 1. The smallest absolute Gasteiger partial charge is 0.275 e. The summed E-state index contributed by atoms with van der Waals surface area (Å²) in [5.74, 6) is 0.485. The van der Waals surface area contributed by atoms with Crippen molar-refractivity contribution < 1.29 is 23.6 Å². The lowest BCUT2D eigenvalue weighted by Crippen LogP contribution is -3.08. The van der Waals surface area contributed by atoms with E-state index in [1.165, 1.54) is 13.2 Å². The van der Waals surface area contributed by atoms with Gasteiger partial charge in [0.05, 0.1) is 27.3 Å². The number of benzene rings is 3. The van der Waals surface area contributed by atoms with Crippen molar-refractivity contribution in [2.75, 3.05) is 27.8 Å². The van der Waals surface area contributed by atoms with Crippen LogP contribution in [0, 0.1) is 5.82 Å². The van der Waals surface area contributed by atoms with Crippen molar-refractivity contribution in [1.29, 1.82) is 0 Å². The first kappa shape index (κ1) is 22.3. The van der Waals surface area contributed by atoms with Gasteiger partial charge >= 0.3 is 0 Å². The molecule has 31 heavy (non-hydrogen) atoms. The van der Waals surface area contributed by atoms with E-state index in [4.69, 9.17) is 9.47 Å². The molecule has 2 N–H and O–H groups in total. The minimum atomic E-state index is -0.402. The standard InChI is InChI=1S/C25H27FN2O3/c1-28(16-18-9-14-23(31-3)22(26)15-18)17-24(29)27-25(19-7-5-4-6-8-19)20-10-12-21(30-2)13-11-20/h4-15,25H,16-17H2,1-3H3,(H,27,29)/p+1/t25-/m0/s1. The van der Waals surface area contributed by atoms with E-state index in [9.17, 15) is 9.18 Å². The number of ether oxygens (including phenoxy) is 2. The van der Waals surface area contributed by atoms with Gasteiger partial charge in [-0.05, 0) is 41.5 Å². The number of likely N-dealkylation sites (N-methyl/N-ethyl adjacent to an activating group) is 1. The normalized spacial score (nSPS) is 12.6. The highest BCUT2D eigenvalue weighted by Gasteiger charge is 2.19. The van der Waals surface area contributed by atoms with Crippen molar-refractivity contribution in [3.8, 4) is 11.5 Å². The molecular weight excluding hydrogens is 395 g/mol. The van der Waals surface area contributed by atoms with E-state index >= 15 is 0 Å². The zero-order valence-corrected chi connectivity index (χ0v) is 18.0. The van der Waals surface area contributed by atoms with Crippen molar-refractivity contribution in [3.05, 3.63) is 95.3 Å². The lowest BCUT2D eigenvalue weighted by atomic mass is 9.98. The fraction of sp³-hybridized carbons (Fsp3) is 0.240. The second-order valence-corrected chi connectivity index (χ2v) is 7.46. The summed E-state index contributed by atoms with van der Waals surface area (Å²) in [5.41, 5.74) is 2.77. The van der Waals surface area contributed by atoms with Crippen molar-refractivity contribution in [2.24, 2.45) is 0 Å². The van der Waals surface area contributed by atoms with Crippen LogP contribution in [-0.4, -0.2) is 33.7 Å². The van der Waals surface area contributed by atoms with Crippen LogP contribution < -0.4 is 19.7 Å². The van der Waals surface area contributed by atoms with E-state index in [1.54, 1.807) is 13.2 Å². The van der Waals surface area contributed by atoms with Gasteiger partial charge in [-0.3, -0.25) is 4.79 Å². The lowest BCUT2D eigenvalue weighted by Gasteiger charge is -2.21. The number of hydrogen-bond acceptors (Lipinski definition) is 3. The first-order valence-corrected chi connectivity index (χ1v) is 10.1. The highest BCUT2D eigenvalue weighted by atomic mass is 19.1. The van der Waals surface area contributed by atoms with Gasteiger partial charge in [-0.15, -0.1) is 0 Å². The quantitative estimate of drug-likeness (QED) is 0.557. The molecule has 0 bridgehead atoms. The molecule has 0 saturated carbocycles. The maximum Gasteiger partial charge on any atom is 0.275 e. The summed E-state index contributed by atoms with van der Waals surface area (Å²) in [6.07, 6.45) is 0. The molecule has 6 heteroatoms. The third-order valence-corrected chi connectivity index (χ3v) is 5.07. The van der Waals surface area contributed by atoms with Crippen LogP contribution in [0.3, 0.4) is 0 Å². The van der Waals surface area contributed by atoms with Crippen LogP contribution in [0.4, 0.5) is 4.39 Å². The first-order chi connectivity index (χ1) is 15.0. The molecule has 0 heterocycles. The zero-order chi connectivity index (χ0) is 22.2. The van der Waals surface area contributed by atoms with Gasteiger partial charge in [0, 0.05) is 5.56 Å². The molecule has 3 rings (SSSR count). The minimum Gasteiger partial charge on any atom is -0.497 e. The molecule has 2 atom stereocenters. The van der Waals surface area contributed by atoms with Gasteiger partial charge < -0.3 is 19.7 Å². The fourth-order valence-electron chi connectivity index (χ4n) is 3.52. The molecule has 0 saturated heterocycles. The summed E-state index contributed by atoms with van der Waals surface area (Å²) in [5, 5.41) is 3.14. The van der Waals surface area contributed by atoms with Crippen LogP contribution in [0.2, 0.25) is 0 Å². The van der Waals surface area contributed by atoms with Gasteiger partial charge in [-0.25, -0.2) is 4.39 Å². The Morgan fingerprint density at radius 1 is 0.968 bits per heavy atom. The van der Waals surface area contributed by atoms with E-state index < -0.39 is 5.82 Å². The van der Waals surface area contributed by atoms with E-state index in [2.05, 4.69) is 5.32 Å². The predicted molar refractivity (Wildman–Crippen MR) is 118 cm³/mol. The van der Waals surface area contributed by atoms with Crippen LogP contribution in [-0.2, 0) is 11.3 Å². The van der Waals surface area contributed by atoms with Crippen LogP contribution in [0.1, 0.15) is 22.7 Å². The largest absolute Gasteiger partial charge is 0.497 e. The highest BCUT2D eigenvalue weighted by Crippen LogP contribution is 2.24. The Labute approximate surface area is 182 Å². The Balaban J connectivity index is 1.69. The molecule has 162 valence electrons. The van der Waals surface area contributed by atoms with Gasteiger partial charge in [-0.1, -0.05) is 42.5 Å². The van der Waals surface area contributed by atoms with E-state index in [1.807, 2.05) is 67.7 Å². The second kappa shape index (κ2) is 10.6. The molecule has 0 spiro atoms. The van der Waals surface area contributed by atoms with Gasteiger partial charge in [0.25, 0.3) is 5.91 Å². The number of carbonyl (C=O) groups is 1. The van der Waals surface area contributed by atoms with Crippen molar-refractivity contribution in [1.82, 2.24) is 5.32 Å². The molecular formula is C25H28FN2O3+. The number of carbonyl (C=O) groups excluding carboxylic acids is 1. The fourth-order valence-corrected chi connectivity index (χ4v) is 3.52. The third-order valence-electron chi connectivity index (χ3n) is 5.07. The molecule has 3 aromatic carbocycles. The Morgan fingerprint density at radius 2 is 1.65 bits per heavy atom. The van der Waals surface area contributed by atoms with Crippen LogP contribution in [0.25, 0.3) is 0 Å². The Hall–Kier alpha value is -3.38. The van der Waals surface area contributed by atoms with Crippen molar-refractivity contribution >= 4 is 5.91 Å². The third kappa shape index (κ3) is 6.06. The van der Waals surface area contributed by atoms with Crippen LogP contribution in [0.15, 0.2) is 72.8 Å².